The van der Waals surface area contributed by atoms with Gasteiger partial charge in [-0.1, -0.05) is 6.92 Å². The van der Waals surface area contributed by atoms with Crippen molar-refractivity contribution in [2.45, 2.75) is 39.2 Å². The SMILES string of the molecule is CCCn1cccc1C(=O)NCC1(CCO)CC1. The number of carbonyl (C=O) groups excluding carboxylic acids is 1. The molecule has 4 nitrogen and oxygen atoms in total. The number of nitrogens with zero attached hydrogens (tertiary/aromatic N) is 1. The number of rotatable bonds is 7. The molecular formula is C14H22N2O2. The smallest absolute Gasteiger partial charge is 0.267 e. The van der Waals surface area contributed by atoms with Crippen molar-refractivity contribution < 1.29 is 9.90 Å². The van der Waals surface area contributed by atoms with Crippen LogP contribution in [0.1, 0.15) is 43.1 Å². The number of aliphatic hydroxyl groups is 1. The van der Waals surface area contributed by atoms with E-state index in [0.29, 0.717) is 6.54 Å². The fraction of sp³-hybridized carbons (Fsp3) is 0.643. The van der Waals surface area contributed by atoms with Crippen LogP contribution in [0.4, 0.5) is 0 Å². The molecule has 1 aromatic heterocycles. The van der Waals surface area contributed by atoms with Gasteiger partial charge in [-0.25, -0.2) is 0 Å². The van der Waals surface area contributed by atoms with Crippen molar-refractivity contribution in [3.8, 4) is 0 Å². The second-order valence-electron chi connectivity index (χ2n) is 5.24. The highest BCUT2D eigenvalue weighted by Gasteiger charge is 2.41. The number of aryl methyl sites for hydroxylation is 1. The van der Waals surface area contributed by atoms with Crippen LogP contribution >= 0.6 is 0 Å². The molecule has 4 heteroatoms. The number of hydrogen-bond donors (Lipinski definition) is 2. The Kier molecular flexibility index (Phi) is 4.07. The van der Waals surface area contributed by atoms with E-state index in [1.165, 1.54) is 0 Å². The first-order valence-electron chi connectivity index (χ1n) is 6.75. The summed E-state index contributed by atoms with van der Waals surface area (Å²) in [5.74, 6) is -0.00216. The summed E-state index contributed by atoms with van der Waals surface area (Å²) in [6.45, 7) is 3.87. The van der Waals surface area contributed by atoms with E-state index in [1.807, 2.05) is 22.9 Å². The van der Waals surface area contributed by atoms with Crippen molar-refractivity contribution in [1.29, 1.82) is 0 Å². The van der Waals surface area contributed by atoms with E-state index in [2.05, 4.69) is 12.2 Å². The molecule has 1 aliphatic carbocycles. The molecule has 0 bridgehead atoms. The van der Waals surface area contributed by atoms with Gasteiger partial charge >= 0.3 is 0 Å². The molecule has 1 heterocycles. The van der Waals surface area contributed by atoms with Crippen LogP contribution in [0.25, 0.3) is 0 Å². The summed E-state index contributed by atoms with van der Waals surface area (Å²) in [4.78, 5) is 12.1. The maximum Gasteiger partial charge on any atom is 0.267 e. The Balaban J connectivity index is 1.89. The van der Waals surface area contributed by atoms with Crippen LogP contribution in [-0.4, -0.2) is 28.7 Å². The van der Waals surface area contributed by atoms with Crippen LogP contribution < -0.4 is 5.32 Å². The third-order valence-electron chi connectivity index (χ3n) is 3.75. The lowest BCUT2D eigenvalue weighted by Gasteiger charge is -2.15. The van der Waals surface area contributed by atoms with Gasteiger partial charge in [-0.15, -0.1) is 0 Å². The first-order chi connectivity index (χ1) is 8.71. The second-order valence-corrected chi connectivity index (χ2v) is 5.24. The van der Waals surface area contributed by atoms with Crippen LogP contribution in [0.2, 0.25) is 0 Å². The predicted molar refractivity (Wildman–Crippen MR) is 70.4 cm³/mol. The Bertz CT molecular complexity index is 408. The fourth-order valence-electron chi connectivity index (χ4n) is 2.34. The Morgan fingerprint density at radius 3 is 2.94 bits per heavy atom. The molecule has 0 radical (unpaired) electrons. The van der Waals surface area contributed by atoms with Crippen molar-refractivity contribution in [3.63, 3.8) is 0 Å². The maximum absolute atomic E-state index is 12.1. The average molecular weight is 250 g/mol. The Morgan fingerprint density at radius 1 is 1.56 bits per heavy atom. The molecular weight excluding hydrogens is 228 g/mol. The maximum atomic E-state index is 12.1. The highest BCUT2D eigenvalue weighted by molar-refractivity contribution is 5.92. The third kappa shape index (κ3) is 2.93. The number of aliphatic hydroxyl groups excluding tert-OH is 1. The monoisotopic (exact) mass is 250 g/mol. The topological polar surface area (TPSA) is 54.3 Å². The van der Waals surface area contributed by atoms with Gasteiger partial charge < -0.3 is 15.0 Å². The van der Waals surface area contributed by atoms with Crippen LogP contribution in [0, 0.1) is 5.41 Å². The Morgan fingerprint density at radius 2 is 2.33 bits per heavy atom. The molecule has 100 valence electrons. The van der Waals surface area contributed by atoms with Crippen LogP contribution in [0.15, 0.2) is 18.3 Å². The summed E-state index contributed by atoms with van der Waals surface area (Å²) in [7, 11) is 0. The van der Waals surface area contributed by atoms with Crippen molar-refractivity contribution in [1.82, 2.24) is 9.88 Å². The second kappa shape index (κ2) is 5.57. The van der Waals surface area contributed by atoms with E-state index in [-0.39, 0.29) is 17.9 Å². The van der Waals surface area contributed by atoms with Crippen LogP contribution in [0.3, 0.4) is 0 Å². The number of amides is 1. The van der Waals surface area contributed by atoms with Gasteiger partial charge in [0.25, 0.3) is 5.91 Å². The quantitative estimate of drug-likeness (QED) is 0.775. The van der Waals surface area contributed by atoms with E-state index in [0.717, 1.165) is 37.9 Å². The highest BCUT2D eigenvalue weighted by atomic mass is 16.3. The van der Waals surface area contributed by atoms with Gasteiger partial charge in [0, 0.05) is 25.9 Å². The van der Waals surface area contributed by atoms with E-state index < -0.39 is 0 Å². The highest BCUT2D eigenvalue weighted by Crippen LogP contribution is 2.47. The van der Waals surface area contributed by atoms with Gasteiger partial charge in [-0.3, -0.25) is 4.79 Å². The van der Waals surface area contributed by atoms with E-state index in [4.69, 9.17) is 5.11 Å². The summed E-state index contributed by atoms with van der Waals surface area (Å²) >= 11 is 0. The van der Waals surface area contributed by atoms with Gasteiger partial charge in [0.05, 0.1) is 0 Å². The molecule has 0 saturated heterocycles. The Hall–Kier alpha value is -1.29. The minimum absolute atomic E-state index is 0.00216. The molecule has 0 aliphatic heterocycles. The Labute approximate surface area is 108 Å². The molecule has 1 aromatic rings. The summed E-state index contributed by atoms with van der Waals surface area (Å²) in [5, 5.41) is 12.0. The molecule has 0 aromatic carbocycles. The molecule has 0 atom stereocenters. The molecule has 1 saturated carbocycles. The molecule has 2 rings (SSSR count). The van der Waals surface area contributed by atoms with E-state index in [9.17, 15) is 4.79 Å². The fourth-order valence-corrected chi connectivity index (χ4v) is 2.34. The summed E-state index contributed by atoms with van der Waals surface area (Å²) in [6, 6.07) is 3.77. The zero-order chi connectivity index (χ0) is 13.0. The number of nitrogens with one attached hydrogen (secondary N) is 1. The van der Waals surface area contributed by atoms with Crippen LogP contribution in [-0.2, 0) is 6.54 Å². The minimum Gasteiger partial charge on any atom is -0.396 e. The van der Waals surface area contributed by atoms with E-state index in [1.54, 1.807) is 0 Å². The summed E-state index contributed by atoms with van der Waals surface area (Å²) in [5.41, 5.74) is 0.906. The van der Waals surface area contributed by atoms with Gasteiger partial charge in [-0.05, 0) is 43.2 Å². The molecule has 18 heavy (non-hydrogen) atoms. The predicted octanol–water partition coefficient (Wildman–Crippen LogP) is 1.79. The third-order valence-corrected chi connectivity index (χ3v) is 3.75. The van der Waals surface area contributed by atoms with Gasteiger partial charge in [0.1, 0.15) is 5.69 Å². The molecule has 2 N–H and O–H groups in total. The number of hydrogen-bond acceptors (Lipinski definition) is 2. The minimum atomic E-state index is -0.00216. The van der Waals surface area contributed by atoms with Gasteiger partial charge in [0.15, 0.2) is 0 Å². The number of aromatic nitrogens is 1. The lowest BCUT2D eigenvalue weighted by Crippen LogP contribution is -2.32. The largest absolute Gasteiger partial charge is 0.396 e. The summed E-state index contributed by atoms with van der Waals surface area (Å²) in [6.07, 6.45) is 5.99. The average Bonchev–Trinajstić information content (AvgIpc) is 2.96. The van der Waals surface area contributed by atoms with Gasteiger partial charge in [0.2, 0.25) is 0 Å². The zero-order valence-corrected chi connectivity index (χ0v) is 11.0. The standard InChI is InChI=1S/C14H22N2O2/c1-2-8-16-9-3-4-12(16)13(18)15-11-14(5-6-14)7-10-17/h3-4,9,17H,2,5-8,10-11H2,1H3,(H,15,18). The lowest BCUT2D eigenvalue weighted by atomic mass is 10.0. The van der Waals surface area contributed by atoms with Gasteiger partial charge in [-0.2, -0.15) is 0 Å². The molecule has 0 unspecified atom stereocenters. The first-order valence-corrected chi connectivity index (χ1v) is 6.75. The molecule has 0 spiro atoms. The molecule has 1 aliphatic rings. The normalized spacial score (nSPS) is 16.6. The molecule has 1 amide bonds. The van der Waals surface area contributed by atoms with Crippen molar-refractivity contribution in [2.75, 3.05) is 13.2 Å². The van der Waals surface area contributed by atoms with E-state index >= 15 is 0 Å². The van der Waals surface area contributed by atoms with Crippen LogP contribution in [0.5, 0.6) is 0 Å². The first kappa shape index (κ1) is 13.1. The van der Waals surface area contributed by atoms with Crippen molar-refractivity contribution in [2.24, 2.45) is 5.41 Å². The zero-order valence-electron chi connectivity index (χ0n) is 11.0. The van der Waals surface area contributed by atoms with Crippen molar-refractivity contribution >= 4 is 5.91 Å². The number of carbonyl (C=O) groups is 1. The lowest BCUT2D eigenvalue weighted by molar-refractivity contribution is 0.0931. The summed E-state index contributed by atoms with van der Waals surface area (Å²) < 4.78 is 1.99. The van der Waals surface area contributed by atoms with Crippen molar-refractivity contribution in [3.05, 3.63) is 24.0 Å². The molecule has 1 fully saturated rings.